The first-order valence-corrected chi connectivity index (χ1v) is 12.8. The summed E-state index contributed by atoms with van der Waals surface area (Å²) >= 11 is 0. The van der Waals surface area contributed by atoms with Crippen molar-refractivity contribution in [2.45, 2.75) is 25.8 Å². The smallest absolute Gasteiger partial charge is 0.325 e. The van der Waals surface area contributed by atoms with E-state index in [0.29, 0.717) is 32.7 Å². The zero-order valence-corrected chi connectivity index (χ0v) is 21.4. The van der Waals surface area contributed by atoms with Crippen LogP contribution in [0.25, 0.3) is 10.8 Å². The summed E-state index contributed by atoms with van der Waals surface area (Å²) in [6.07, 6.45) is 0.859. The molecule has 5 rings (SSSR count). The third-order valence-electron chi connectivity index (χ3n) is 7.45. The Bertz CT molecular complexity index is 1330. The molecule has 2 aliphatic heterocycles. The highest BCUT2D eigenvalue weighted by atomic mass is 16.2. The molecule has 0 aromatic heterocycles. The van der Waals surface area contributed by atoms with Crippen molar-refractivity contribution in [3.8, 4) is 0 Å². The van der Waals surface area contributed by atoms with E-state index in [1.807, 2.05) is 66.7 Å². The van der Waals surface area contributed by atoms with Crippen LogP contribution >= 0.6 is 0 Å². The van der Waals surface area contributed by atoms with Crippen molar-refractivity contribution in [2.75, 3.05) is 44.7 Å². The molecule has 8 nitrogen and oxygen atoms in total. The van der Waals surface area contributed by atoms with Gasteiger partial charge in [0.1, 0.15) is 5.54 Å². The van der Waals surface area contributed by atoms with Crippen LogP contribution in [0.2, 0.25) is 0 Å². The quantitative estimate of drug-likeness (QED) is 0.487. The van der Waals surface area contributed by atoms with Crippen LogP contribution in [0.4, 0.5) is 10.5 Å². The number of amides is 4. The number of urea groups is 1. The lowest BCUT2D eigenvalue weighted by atomic mass is 9.90. The summed E-state index contributed by atoms with van der Waals surface area (Å²) in [5.74, 6) is -0.279. The van der Waals surface area contributed by atoms with E-state index in [9.17, 15) is 14.4 Å². The molecule has 2 aliphatic rings. The standard InChI is InChI=1S/C29H33N5O3/c1-3-21-8-6-7-11-25(21)30-26(35)19-32-14-16-33(17-15-32)20-34-27(36)29(2,31-28(34)37)24-13-12-22-9-4-5-10-23(22)18-24/h4-13,18H,3,14-17,19-20H2,1-2H3,(H,30,35)(H,31,37)/t29-/m1/s1. The maximum absolute atomic E-state index is 13.4. The monoisotopic (exact) mass is 499 g/mol. The van der Waals surface area contributed by atoms with Crippen LogP contribution in [0.1, 0.15) is 25.0 Å². The molecule has 0 spiro atoms. The van der Waals surface area contributed by atoms with E-state index in [2.05, 4.69) is 27.4 Å². The zero-order chi connectivity index (χ0) is 26.0. The van der Waals surface area contributed by atoms with Crippen LogP contribution in [0.5, 0.6) is 0 Å². The van der Waals surface area contributed by atoms with Crippen molar-refractivity contribution >= 4 is 34.3 Å². The fourth-order valence-corrected chi connectivity index (χ4v) is 5.15. The van der Waals surface area contributed by atoms with Gasteiger partial charge in [0, 0.05) is 31.9 Å². The van der Waals surface area contributed by atoms with Crippen LogP contribution in [-0.4, -0.2) is 71.9 Å². The molecular weight excluding hydrogens is 466 g/mol. The van der Waals surface area contributed by atoms with Crippen LogP contribution in [0, 0.1) is 0 Å². The van der Waals surface area contributed by atoms with E-state index in [4.69, 9.17) is 0 Å². The fourth-order valence-electron chi connectivity index (χ4n) is 5.15. The predicted octanol–water partition coefficient (Wildman–Crippen LogP) is 3.38. The number of imide groups is 1. The van der Waals surface area contributed by atoms with Gasteiger partial charge in [0.05, 0.1) is 13.2 Å². The number of fused-ring (bicyclic) bond motifs is 1. The molecule has 1 atom stereocenters. The molecule has 3 aromatic rings. The Hall–Kier alpha value is -3.75. The molecule has 0 radical (unpaired) electrons. The van der Waals surface area contributed by atoms with Gasteiger partial charge in [-0.1, -0.05) is 61.5 Å². The van der Waals surface area contributed by atoms with Gasteiger partial charge in [0.25, 0.3) is 5.91 Å². The minimum atomic E-state index is -1.10. The minimum absolute atomic E-state index is 0.0328. The van der Waals surface area contributed by atoms with Gasteiger partial charge >= 0.3 is 6.03 Å². The average Bonchev–Trinajstić information content (AvgIpc) is 3.13. The topological polar surface area (TPSA) is 85.0 Å². The number of rotatable bonds is 7. The zero-order valence-electron chi connectivity index (χ0n) is 21.4. The Morgan fingerprint density at radius 1 is 0.919 bits per heavy atom. The van der Waals surface area contributed by atoms with E-state index >= 15 is 0 Å². The Labute approximate surface area is 217 Å². The van der Waals surface area contributed by atoms with Gasteiger partial charge < -0.3 is 10.6 Å². The summed E-state index contributed by atoms with van der Waals surface area (Å²) in [5, 5.41) is 8.06. The number of carbonyl (C=O) groups excluding carboxylic acids is 3. The maximum Gasteiger partial charge on any atom is 0.326 e. The van der Waals surface area contributed by atoms with Gasteiger partial charge in [-0.05, 0) is 47.4 Å². The van der Waals surface area contributed by atoms with Gasteiger partial charge in [-0.15, -0.1) is 0 Å². The maximum atomic E-state index is 13.4. The molecule has 2 saturated heterocycles. The summed E-state index contributed by atoms with van der Waals surface area (Å²) in [7, 11) is 0. The lowest BCUT2D eigenvalue weighted by molar-refractivity contribution is -0.132. The number of carbonyl (C=O) groups is 3. The third-order valence-corrected chi connectivity index (χ3v) is 7.45. The summed E-state index contributed by atoms with van der Waals surface area (Å²) in [6.45, 7) is 7.10. The number of nitrogens with zero attached hydrogens (tertiary/aromatic N) is 3. The van der Waals surface area contributed by atoms with Crippen LogP contribution < -0.4 is 10.6 Å². The summed E-state index contributed by atoms with van der Waals surface area (Å²) in [4.78, 5) is 44.4. The highest BCUT2D eigenvalue weighted by molar-refractivity contribution is 6.07. The number of nitrogens with one attached hydrogen (secondary N) is 2. The molecule has 0 bridgehead atoms. The van der Waals surface area contributed by atoms with Gasteiger partial charge in [0.2, 0.25) is 5.91 Å². The Balaban J connectivity index is 1.16. The number of para-hydroxylation sites is 1. The number of hydrogen-bond acceptors (Lipinski definition) is 5. The van der Waals surface area contributed by atoms with E-state index in [0.717, 1.165) is 34.0 Å². The Morgan fingerprint density at radius 2 is 1.59 bits per heavy atom. The fraction of sp³-hybridized carbons (Fsp3) is 0.345. The minimum Gasteiger partial charge on any atom is -0.325 e. The van der Waals surface area contributed by atoms with Gasteiger partial charge in [-0.25, -0.2) is 9.69 Å². The molecule has 2 fully saturated rings. The summed E-state index contributed by atoms with van der Waals surface area (Å²) < 4.78 is 0. The van der Waals surface area contributed by atoms with Crippen LogP contribution in [0.3, 0.4) is 0 Å². The lowest BCUT2D eigenvalue weighted by Gasteiger charge is -2.35. The van der Waals surface area contributed by atoms with Crippen molar-refractivity contribution in [3.05, 3.63) is 77.9 Å². The largest absolute Gasteiger partial charge is 0.326 e. The second kappa shape index (κ2) is 10.3. The molecule has 2 N–H and O–H groups in total. The van der Waals surface area contributed by atoms with Crippen molar-refractivity contribution in [3.63, 3.8) is 0 Å². The number of anilines is 1. The van der Waals surface area contributed by atoms with Crippen LogP contribution in [-0.2, 0) is 21.5 Å². The molecule has 8 heteroatoms. The number of piperazine rings is 1. The molecule has 37 heavy (non-hydrogen) atoms. The number of hydrogen-bond donors (Lipinski definition) is 2. The van der Waals surface area contributed by atoms with Gasteiger partial charge in [-0.2, -0.15) is 0 Å². The van der Waals surface area contributed by atoms with E-state index in [-0.39, 0.29) is 24.5 Å². The molecule has 2 heterocycles. The molecule has 3 aromatic carbocycles. The highest BCUT2D eigenvalue weighted by Gasteiger charge is 2.49. The first-order chi connectivity index (χ1) is 17.9. The highest BCUT2D eigenvalue weighted by Crippen LogP contribution is 2.31. The number of benzene rings is 3. The second-order valence-corrected chi connectivity index (χ2v) is 9.94. The van der Waals surface area contributed by atoms with Gasteiger partial charge in [-0.3, -0.25) is 19.4 Å². The third kappa shape index (κ3) is 5.08. The van der Waals surface area contributed by atoms with E-state index in [1.165, 1.54) is 4.90 Å². The summed E-state index contributed by atoms with van der Waals surface area (Å²) in [5.41, 5.74) is 1.65. The van der Waals surface area contributed by atoms with Crippen molar-refractivity contribution < 1.29 is 14.4 Å². The first-order valence-electron chi connectivity index (χ1n) is 12.8. The van der Waals surface area contributed by atoms with E-state index in [1.54, 1.807) is 6.92 Å². The predicted molar refractivity (Wildman–Crippen MR) is 144 cm³/mol. The summed E-state index contributed by atoms with van der Waals surface area (Å²) in [6, 6.07) is 21.3. The molecular formula is C29H33N5O3. The molecule has 4 amide bonds. The SMILES string of the molecule is CCc1ccccc1NC(=O)CN1CCN(CN2C(=O)N[C@](C)(c3ccc4ccccc4c3)C2=O)CC1. The molecule has 192 valence electrons. The van der Waals surface area contributed by atoms with Crippen molar-refractivity contribution in [1.29, 1.82) is 0 Å². The van der Waals surface area contributed by atoms with Crippen molar-refractivity contribution in [1.82, 2.24) is 20.0 Å². The number of aryl methyl sites for hydroxylation is 1. The van der Waals surface area contributed by atoms with E-state index < -0.39 is 5.54 Å². The average molecular weight is 500 g/mol. The normalized spacial score (nSPS) is 20.9. The van der Waals surface area contributed by atoms with Crippen LogP contribution in [0.15, 0.2) is 66.7 Å². The molecule has 0 unspecified atom stereocenters. The molecule has 0 aliphatic carbocycles. The Kier molecular flexibility index (Phi) is 6.95. The molecule has 0 saturated carbocycles. The van der Waals surface area contributed by atoms with Crippen molar-refractivity contribution in [2.24, 2.45) is 0 Å². The lowest BCUT2D eigenvalue weighted by Crippen LogP contribution is -2.52. The first kappa shape index (κ1) is 24.9. The Morgan fingerprint density at radius 3 is 2.35 bits per heavy atom. The van der Waals surface area contributed by atoms with Gasteiger partial charge in [0.15, 0.2) is 0 Å². The second-order valence-electron chi connectivity index (χ2n) is 9.94.